The molecule has 1 atom stereocenters. The van der Waals surface area contributed by atoms with Crippen LogP contribution in [-0.2, 0) is 11.3 Å². The molecule has 2 saturated heterocycles. The minimum Gasteiger partial charge on any atom is -0.336 e. The van der Waals surface area contributed by atoms with Gasteiger partial charge < -0.3 is 10.2 Å². The summed E-state index contributed by atoms with van der Waals surface area (Å²) in [5, 5.41) is 3.61. The van der Waals surface area contributed by atoms with E-state index in [4.69, 9.17) is 4.98 Å². The molecule has 9 heteroatoms. The number of piperazine rings is 1. The van der Waals surface area contributed by atoms with E-state index in [1.54, 1.807) is 23.5 Å². The van der Waals surface area contributed by atoms with Gasteiger partial charge in [-0.1, -0.05) is 30.3 Å². The molecule has 170 valence electrons. The van der Waals surface area contributed by atoms with E-state index in [1.807, 2.05) is 35.2 Å². The number of amides is 4. The largest absolute Gasteiger partial charge is 0.336 e. The summed E-state index contributed by atoms with van der Waals surface area (Å²) in [7, 11) is 0. The van der Waals surface area contributed by atoms with Gasteiger partial charge in [0.05, 0.1) is 29.3 Å². The smallest absolute Gasteiger partial charge is 0.324 e. The summed E-state index contributed by atoms with van der Waals surface area (Å²) in [4.78, 5) is 47.4. The molecule has 1 aromatic heterocycles. The SMILES string of the molecule is C[C@H](c1nc2ccccc2s1)N1CCN(C(=O)c2ccccc2CN2C(=O)CNC2=O)CC1. The lowest BCUT2D eigenvalue weighted by Crippen LogP contribution is -2.49. The molecule has 0 unspecified atom stereocenters. The van der Waals surface area contributed by atoms with Crippen molar-refractivity contribution in [3.63, 3.8) is 0 Å². The van der Waals surface area contributed by atoms with Gasteiger partial charge in [0, 0.05) is 31.7 Å². The van der Waals surface area contributed by atoms with Crippen molar-refractivity contribution in [2.75, 3.05) is 32.7 Å². The van der Waals surface area contributed by atoms with Crippen LogP contribution < -0.4 is 5.32 Å². The second kappa shape index (κ2) is 8.92. The molecule has 1 N–H and O–H groups in total. The zero-order valence-electron chi connectivity index (χ0n) is 18.4. The lowest BCUT2D eigenvalue weighted by molar-refractivity contribution is -0.125. The fourth-order valence-electron chi connectivity index (χ4n) is 4.36. The molecule has 2 aromatic carbocycles. The van der Waals surface area contributed by atoms with Crippen molar-refractivity contribution in [1.82, 2.24) is 25.0 Å². The predicted octanol–water partition coefficient (Wildman–Crippen LogP) is 2.87. The van der Waals surface area contributed by atoms with E-state index in [2.05, 4.69) is 23.2 Å². The fraction of sp³-hybridized carbons (Fsp3) is 0.333. The Morgan fingerprint density at radius 1 is 1.06 bits per heavy atom. The van der Waals surface area contributed by atoms with Crippen LogP contribution >= 0.6 is 11.3 Å². The molecule has 2 aliphatic rings. The highest BCUT2D eigenvalue weighted by atomic mass is 32.1. The first-order valence-electron chi connectivity index (χ1n) is 11.1. The van der Waals surface area contributed by atoms with Gasteiger partial charge in [0.25, 0.3) is 5.91 Å². The number of urea groups is 1. The van der Waals surface area contributed by atoms with Crippen LogP contribution in [0.25, 0.3) is 10.2 Å². The average Bonchev–Trinajstić information content (AvgIpc) is 3.42. The Kier molecular flexibility index (Phi) is 5.82. The molecule has 0 saturated carbocycles. The molecule has 5 rings (SSSR count). The third kappa shape index (κ3) is 4.21. The Hall–Kier alpha value is -3.30. The van der Waals surface area contributed by atoms with Gasteiger partial charge in [-0.3, -0.25) is 19.4 Å². The van der Waals surface area contributed by atoms with Crippen LogP contribution in [0.15, 0.2) is 48.5 Å². The normalized spacial score (nSPS) is 18.1. The van der Waals surface area contributed by atoms with Crippen molar-refractivity contribution in [2.45, 2.75) is 19.5 Å². The van der Waals surface area contributed by atoms with Gasteiger partial charge in [-0.2, -0.15) is 0 Å². The van der Waals surface area contributed by atoms with E-state index in [1.165, 1.54) is 4.70 Å². The molecule has 3 heterocycles. The van der Waals surface area contributed by atoms with E-state index in [-0.39, 0.29) is 30.9 Å². The number of fused-ring (bicyclic) bond motifs is 1. The first-order chi connectivity index (χ1) is 16.0. The van der Waals surface area contributed by atoms with Gasteiger partial charge in [0.1, 0.15) is 5.01 Å². The number of nitrogens with zero attached hydrogens (tertiary/aromatic N) is 4. The van der Waals surface area contributed by atoms with Crippen molar-refractivity contribution in [3.05, 3.63) is 64.7 Å². The number of carbonyl (C=O) groups is 3. The second-order valence-corrected chi connectivity index (χ2v) is 9.38. The Bertz CT molecular complexity index is 1170. The van der Waals surface area contributed by atoms with E-state index in [0.29, 0.717) is 24.2 Å². The maximum Gasteiger partial charge on any atom is 0.324 e. The van der Waals surface area contributed by atoms with Gasteiger partial charge >= 0.3 is 6.03 Å². The lowest BCUT2D eigenvalue weighted by atomic mass is 10.0. The van der Waals surface area contributed by atoms with Crippen LogP contribution in [-0.4, -0.2) is 70.3 Å². The predicted molar refractivity (Wildman–Crippen MR) is 126 cm³/mol. The Labute approximate surface area is 195 Å². The first kappa shape index (κ1) is 21.5. The first-order valence-corrected chi connectivity index (χ1v) is 11.9. The molecule has 8 nitrogen and oxygen atoms in total. The zero-order valence-corrected chi connectivity index (χ0v) is 19.2. The number of hydrogen-bond donors (Lipinski definition) is 1. The van der Waals surface area contributed by atoms with E-state index >= 15 is 0 Å². The highest BCUT2D eigenvalue weighted by Crippen LogP contribution is 2.30. The topological polar surface area (TPSA) is 85.8 Å². The number of aromatic nitrogens is 1. The summed E-state index contributed by atoms with van der Waals surface area (Å²) in [6, 6.07) is 15.1. The molecular weight excluding hydrogens is 438 g/mol. The maximum absolute atomic E-state index is 13.3. The standard InChI is InChI=1S/C24H25N5O3S/c1-16(22-26-19-8-4-5-9-20(19)33-22)27-10-12-28(13-11-27)23(31)18-7-3-2-6-17(18)15-29-21(30)14-25-24(29)32/h2-9,16H,10-15H2,1H3,(H,25,32)/t16-/m1/s1. The summed E-state index contributed by atoms with van der Waals surface area (Å²) < 4.78 is 1.19. The zero-order chi connectivity index (χ0) is 22.9. The molecule has 0 radical (unpaired) electrons. The maximum atomic E-state index is 13.3. The number of imide groups is 1. The molecule has 0 bridgehead atoms. The quantitative estimate of drug-likeness (QED) is 0.588. The molecule has 2 aliphatic heterocycles. The monoisotopic (exact) mass is 463 g/mol. The molecule has 2 fully saturated rings. The number of hydrogen-bond acceptors (Lipinski definition) is 6. The summed E-state index contributed by atoms with van der Waals surface area (Å²) in [5.41, 5.74) is 2.25. The molecule has 0 aliphatic carbocycles. The van der Waals surface area contributed by atoms with Crippen LogP contribution in [0.4, 0.5) is 4.79 Å². The lowest BCUT2D eigenvalue weighted by Gasteiger charge is -2.37. The fourth-order valence-corrected chi connectivity index (χ4v) is 5.41. The van der Waals surface area contributed by atoms with Crippen molar-refractivity contribution in [3.8, 4) is 0 Å². The van der Waals surface area contributed by atoms with Crippen molar-refractivity contribution in [1.29, 1.82) is 0 Å². The number of benzene rings is 2. The van der Waals surface area contributed by atoms with Gasteiger partial charge in [0.2, 0.25) is 5.91 Å². The highest BCUT2D eigenvalue weighted by Gasteiger charge is 2.31. The van der Waals surface area contributed by atoms with Gasteiger partial charge in [-0.15, -0.1) is 11.3 Å². The summed E-state index contributed by atoms with van der Waals surface area (Å²) in [6.07, 6.45) is 0. The van der Waals surface area contributed by atoms with E-state index < -0.39 is 6.03 Å². The van der Waals surface area contributed by atoms with Crippen LogP contribution in [0.3, 0.4) is 0 Å². The number of carbonyl (C=O) groups excluding carboxylic acids is 3. The number of thiazole rings is 1. The van der Waals surface area contributed by atoms with Crippen LogP contribution in [0.1, 0.15) is 33.9 Å². The third-order valence-electron chi connectivity index (χ3n) is 6.33. The summed E-state index contributed by atoms with van der Waals surface area (Å²) in [5.74, 6) is -0.343. The minimum atomic E-state index is -0.417. The van der Waals surface area contributed by atoms with Crippen molar-refractivity contribution >= 4 is 39.4 Å². The highest BCUT2D eigenvalue weighted by molar-refractivity contribution is 7.18. The van der Waals surface area contributed by atoms with Gasteiger partial charge in [-0.05, 0) is 30.7 Å². The van der Waals surface area contributed by atoms with Crippen LogP contribution in [0, 0.1) is 0 Å². The summed E-state index contributed by atoms with van der Waals surface area (Å²) in [6.45, 7) is 5.03. The van der Waals surface area contributed by atoms with Crippen molar-refractivity contribution < 1.29 is 14.4 Å². The van der Waals surface area contributed by atoms with Gasteiger partial charge in [-0.25, -0.2) is 9.78 Å². The second-order valence-electron chi connectivity index (χ2n) is 8.32. The molecule has 4 amide bonds. The van der Waals surface area contributed by atoms with Gasteiger partial charge in [0.15, 0.2) is 0 Å². The van der Waals surface area contributed by atoms with E-state index in [0.717, 1.165) is 28.5 Å². The van der Waals surface area contributed by atoms with Crippen LogP contribution in [0.2, 0.25) is 0 Å². The Morgan fingerprint density at radius 3 is 2.52 bits per heavy atom. The number of nitrogens with one attached hydrogen (secondary N) is 1. The number of rotatable bonds is 5. The molecule has 3 aromatic rings. The van der Waals surface area contributed by atoms with E-state index in [9.17, 15) is 14.4 Å². The molecular formula is C24H25N5O3S. The Morgan fingerprint density at radius 2 is 1.79 bits per heavy atom. The Balaban J connectivity index is 1.25. The van der Waals surface area contributed by atoms with Crippen LogP contribution in [0.5, 0.6) is 0 Å². The summed E-state index contributed by atoms with van der Waals surface area (Å²) >= 11 is 1.72. The average molecular weight is 464 g/mol. The number of para-hydroxylation sites is 1. The molecule has 0 spiro atoms. The van der Waals surface area contributed by atoms with Crippen molar-refractivity contribution in [2.24, 2.45) is 0 Å². The minimum absolute atomic E-state index is 0.00372. The molecule has 33 heavy (non-hydrogen) atoms. The third-order valence-corrected chi connectivity index (χ3v) is 7.54.